The molecule has 1 aliphatic carbocycles. The molecule has 1 saturated heterocycles. The number of carbonyl (C=O) groups excluding carboxylic acids is 3. The van der Waals surface area contributed by atoms with Crippen LogP contribution in [0.2, 0.25) is 0 Å². The van der Waals surface area contributed by atoms with Crippen LogP contribution in [0.15, 0.2) is 30.3 Å². The second-order valence-electron chi connectivity index (χ2n) is 7.28. The van der Waals surface area contributed by atoms with Gasteiger partial charge >= 0.3 is 12.0 Å². The zero-order valence-corrected chi connectivity index (χ0v) is 15.6. The van der Waals surface area contributed by atoms with Crippen molar-refractivity contribution in [2.24, 2.45) is 5.92 Å². The lowest BCUT2D eigenvalue weighted by atomic mass is 9.85. The molecule has 3 rings (SSSR count). The van der Waals surface area contributed by atoms with Gasteiger partial charge in [0.05, 0.1) is 13.7 Å². The van der Waals surface area contributed by atoms with Gasteiger partial charge in [-0.05, 0) is 30.7 Å². The molecule has 1 heterocycles. The first-order valence-electron chi connectivity index (χ1n) is 9.53. The molecule has 27 heavy (non-hydrogen) atoms. The van der Waals surface area contributed by atoms with Gasteiger partial charge in [-0.2, -0.15) is 0 Å². The van der Waals surface area contributed by atoms with Crippen molar-refractivity contribution in [1.29, 1.82) is 0 Å². The van der Waals surface area contributed by atoms with Crippen LogP contribution in [0.25, 0.3) is 0 Å². The summed E-state index contributed by atoms with van der Waals surface area (Å²) in [7, 11) is 1.37. The Balaban J connectivity index is 1.54. The van der Waals surface area contributed by atoms with Crippen LogP contribution in [0, 0.1) is 5.92 Å². The fraction of sp³-hybridized carbons (Fsp3) is 0.550. The largest absolute Gasteiger partial charge is 0.468 e. The molecule has 7 nitrogen and oxygen atoms in total. The number of hydrogen-bond donors (Lipinski definition) is 2. The van der Waals surface area contributed by atoms with E-state index < -0.39 is 18.0 Å². The van der Waals surface area contributed by atoms with E-state index in [9.17, 15) is 14.4 Å². The quantitative estimate of drug-likeness (QED) is 0.769. The van der Waals surface area contributed by atoms with Crippen molar-refractivity contribution >= 4 is 17.9 Å². The van der Waals surface area contributed by atoms with E-state index in [-0.39, 0.29) is 18.6 Å². The molecule has 3 atom stereocenters. The Hall–Kier alpha value is -2.41. The summed E-state index contributed by atoms with van der Waals surface area (Å²) in [6.07, 6.45) is 5.05. The summed E-state index contributed by atoms with van der Waals surface area (Å²) in [4.78, 5) is 38.5. The van der Waals surface area contributed by atoms with E-state index in [0.29, 0.717) is 12.5 Å². The minimum absolute atomic E-state index is 0.0275. The molecule has 1 saturated carbocycles. The number of amides is 3. The van der Waals surface area contributed by atoms with Crippen molar-refractivity contribution in [2.75, 3.05) is 13.7 Å². The van der Waals surface area contributed by atoms with E-state index in [4.69, 9.17) is 4.74 Å². The van der Waals surface area contributed by atoms with Crippen molar-refractivity contribution in [3.8, 4) is 0 Å². The maximum atomic E-state index is 12.4. The molecular weight excluding hydrogens is 346 g/mol. The summed E-state index contributed by atoms with van der Waals surface area (Å²) in [5.74, 6) is -0.283. The Kier molecular flexibility index (Phi) is 6.45. The van der Waals surface area contributed by atoms with Crippen molar-refractivity contribution < 1.29 is 19.1 Å². The van der Waals surface area contributed by atoms with Crippen LogP contribution < -0.4 is 10.6 Å². The summed E-state index contributed by atoms with van der Waals surface area (Å²) in [6.45, 7) is 0.374. The Labute approximate surface area is 159 Å². The van der Waals surface area contributed by atoms with Gasteiger partial charge in [0.1, 0.15) is 6.04 Å². The Morgan fingerprint density at radius 2 is 1.89 bits per heavy atom. The summed E-state index contributed by atoms with van der Waals surface area (Å²) < 4.78 is 4.93. The fourth-order valence-electron chi connectivity index (χ4n) is 4.30. The average Bonchev–Trinajstić information content (AvgIpc) is 3.05. The third-order valence-electron chi connectivity index (χ3n) is 5.57. The number of carbonyl (C=O) groups is 3. The van der Waals surface area contributed by atoms with Crippen LogP contribution in [0.1, 0.15) is 37.7 Å². The maximum Gasteiger partial charge on any atom is 0.323 e. The number of hydrogen-bond acceptors (Lipinski definition) is 5. The van der Waals surface area contributed by atoms with E-state index in [2.05, 4.69) is 10.6 Å². The van der Waals surface area contributed by atoms with Crippen LogP contribution in [0.4, 0.5) is 4.79 Å². The van der Waals surface area contributed by atoms with Crippen LogP contribution in [0.5, 0.6) is 0 Å². The molecule has 146 valence electrons. The Morgan fingerprint density at radius 3 is 2.63 bits per heavy atom. The summed E-state index contributed by atoms with van der Waals surface area (Å²) in [5, 5.41) is 5.04. The number of esters is 1. The number of nitrogens with one attached hydrogen (secondary N) is 2. The molecule has 7 heteroatoms. The number of benzene rings is 1. The highest BCUT2D eigenvalue weighted by Gasteiger charge is 2.46. The first kappa shape index (κ1) is 19.4. The van der Waals surface area contributed by atoms with Gasteiger partial charge in [0.2, 0.25) is 5.91 Å². The number of urea groups is 1. The average molecular weight is 373 g/mol. The third kappa shape index (κ3) is 4.86. The van der Waals surface area contributed by atoms with Crippen LogP contribution in [-0.4, -0.2) is 48.5 Å². The van der Waals surface area contributed by atoms with Crippen molar-refractivity contribution in [3.63, 3.8) is 0 Å². The molecule has 2 N–H and O–H groups in total. The molecule has 2 fully saturated rings. The van der Waals surface area contributed by atoms with Crippen molar-refractivity contribution in [1.82, 2.24) is 15.5 Å². The van der Waals surface area contributed by atoms with E-state index >= 15 is 0 Å². The van der Waals surface area contributed by atoms with Gasteiger partial charge in [0, 0.05) is 12.6 Å². The van der Waals surface area contributed by atoms with E-state index in [1.54, 1.807) is 0 Å². The SMILES string of the molecule is COC(=O)[C@@H]1C[C@@H]2CCCC[C@@H]2N1CC(=O)NC(=O)NCc1ccccc1. The van der Waals surface area contributed by atoms with Crippen molar-refractivity contribution in [2.45, 2.75) is 50.7 Å². The lowest BCUT2D eigenvalue weighted by Crippen LogP contribution is -2.50. The lowest BCUT2D eigenvalue weighted by molar-refractivity contribution is -0.146. The van der Waals surface area contributed by atoms with Gasteiger partial charge in [0.15, 0.2) is 0 Å². The second kappa shape index (κ2) is 8.99. The number of methoxy groups -OCH3 is 1. The number of imide groups is 1. The van der Waals surface area contributed by atoms with Crippen LogP contribution in [0.3, 0.4) is 0 Å². The smallest absolute Gasteiger partial charge is 0.323 e. The molecule has 2 aliphatic rings. The number of ether oxygens (including phenoxy) is 1. The molecule has 0 unspecified atom stereocenters. The topological polar surface area (TPSA) is 87.7 Å². The van der Waals surface area contributed by atoms with Gasteiger partial charge in [-0.3, -0.25) is 19.8 Å². The molecular formula is C20H27N3O4. The number of rotatable bonds is 5. The Morgan fingerprint density at radius 1 is 1.15 bits per heavy atom. The van der Waals surface area contributed by atoms with Crippen LogP contribution >= 0.6 is 0 Å². The van der Waals surface area contributed by atoms with Crippen LogP contribution in [-0.2, 0) is 20.9 Å². The summed E-state index contributed by atoms with van der Waals surface area (Å²) in [5.41, 5.74) is 0.954. The minimum atomic E-state index is -0.530. The predicted octanol–water partition coefficient (Wildman–Crippen LogP) is 1.82. The summed E-state index contributed by atoms with van der Waals surface area (Å²) >= 11 is 0. The van der Waals surface area contributed by atoms with Crippen molar-refractivity contribution in [3.05, 3.63) is 35.9 Å². The highest BCUT2D eigenvalue weighted by atomic mass is 16.5. The van der Waals surface area contributed by atoms with Gasteiger partial charge < -0.3 is 10.1 Å². The van der Waals surface area contributed by atoms with E-state index in [1.165, 1.54) is 7.11 Å². The molecule has 0 radical (unpaired) electrons. The van der Waals surface area contributed by atoms with Gasteiger partial charge in [-0.15, -0.1) is 0 Å². The maximum absolute atomic E-state index is 12.4. The fourth-order valence-corrected chi connectivity index (χ4v) is 4.30. The van der Waals surface area contributed by atoms with Gasteiger partial charge in [0.25, 0.3) is 0 Å². The molecule has 0 spiro atoms. The zero-order valence-electron chi connectivity index (χ0n) is 15.6. The van der Waals surface area contributed by atoms with Gasteiger partial charge in [-0.25, -0.2) is 4.79 Å². The molecule has 1 aromatic carbocycles. The standard InChI is InChI=1S/C20H27N3O4/c1-27-19(25)17-11-15-9-5-6-10-16(15)23(17)13-18(24)22-20(26)21-12-14-7-3-2-4-8-14/h2-4,7-8,15-17H,5-6,9-13H2,1H3,(H2,21,22,24,26)/t15-,16-,17-/m0/s1. The predicted molar refractivity (Wildman–Crippen MR) is 99.7 cm³/mol. The second-order valence-corrected chi connectivity index (χ2v) is 7.28. The summed E-state index contributed by atoms with van der Waals surface area (Å²) in [6, 6.07) is 8.76. The first-order chi connectivity index (χ1) is 13.1. The zero-order chi connectivity index (χ0) is 19.2. The molecule has 3 amide bonds. The monoisotopic (exact) mass is 373 g/mol. The number of nitrogens with zero attached hydrogens (tertiary/aromatic N) is 1. The molecule has 1 aromatic rings. The number of fused-ring (bicyclic) bond motifs is 1. The molecule has 0 bridgehead atoms. The third-order valence-corrected chi connectivity index (χ3v) is 5.57. The first-order valence-corrected chi connectivity index (χ1v) is 9.53. The number of likely N-dealkylation sites (tertiary alicyclic amines) is 1. The minimum Gasteiger partial charge on any atom is -0.468 e. The lowest BCUT2D eigenvalue weighted by Gasteiger charge is -2.32. The highest BCUT2D eigenvalue weighted by molar-refractivity contribution is 5.95. The Bertz CT molecular complexity index is 679. The van der Waals surface area contributed by atoms with E-state index in [1.807, 2.05) is 35.2 Å². The highest BCUT2D eigenvalue weighted by Crippen LogP contribution is 2.39. The van der Waals surface area contributed by atoms with Gasteiger partial charge in [-0.1, -0.05) is 43.2 Å². The molecule has 1 aliphatic heterocycles. The normalized spacial score (nSPS) is 24.7. The molecule has 0 aromatic heterocycles. The van der Waals surface area contributed by atoms with E-state index in [0.717, 1.165) is 37.7 Å².